The maximum absolute atomic E-state index is 12.1. The van der Waals surface area contributed by atoms with Gasteiger partial charge in [-0.1, -0.05) is 6.92 Å². The van der Waals surface area contributed by atoms with Crippen LogP contribution < -0.4 is 16.0 Å². The first-order valence-corrected chi connectivity index (χ1v) is 7.46. The number of nitrogens with zero attached hydrogens (tertiary/aromatic N) is 1. The van der Waals surface area contributed by atoms with E-state index in [2.05, 4.69) is 27.9 Å². The summed E-state index contributed by atoms with van der Waals surface area (Å²) in [6.45, 7) is 3.75. The Labute approximate surface area is 124 Å². The van der Waals surface area contributed by atoms with E-state index in [0.717, 1.165) is 31.5 Å². The summed E-state index contributed by atoms with van der Waals surface area (Å²) in [6.07, 6.45) is 6.16. The average Bonchev–Trinajstić information content (AvgIpc) is 3.34. The van der Waals surface area contributed by atoms with E-state index in [1.54, 1.807) is 18.5 Å². The Kier molecular flexibility index (Phi) is 5.54. The molecular weight excluding hydrogens is 268 g/mol. The second-order valence-corrected chi connectivity index (χ2v) is 5.17. The van der Waals surface area contributed by atoms with Gasteiger partial charge in [-0.2, -0.15) is 0 Å². The lowest BCUT2D eigenvalue weighted by atomic mass is 10.2. The maximum atomic E-state index is 12.1. The lowest BCUT2D eigenvalue weighted by Crippen LogP contribution is -2.35. The topological polar surface area (TPSA) is 83.1 Å². The van der Waals surface area contributed by atoms with Crippen molar-refractivity contribution in [2.24, 2.45) is 5.92 Å². The summed E-state index contributed by atoms with van der Waals surface area (Å²) in [7, 11) is 0. The molecule has 2 rings (SSSR count). The molecule has 1 heterocycles. The highest BCUT2D eigenvalue weighted by molar-refractivity contribution is 5.99. The predicted octanol–water partition coefficient (Wildman–Crippen LogP) is 1.16. The van der Waals surface area contributed by atoms with Gasteiger partial charge in [0.2, 0.25) is 5.91 Å². The van der Waals surface area contributed by atoms with Crippen LogP contribution in [0.3, 0.4) is 0 Å². The van der Waals surface area contributed by atoms with E-state index in [-0.39, 0.29) is 17.7 Å². The fourth-order valence-corrected chi connectivity index (χ4v) is 1.94. The molecule has 0 radical (unpaired) electrons. The highest BCUT2D eigenvalue weighted by Gasteiger charge is 2.29. The molecule has 1 aromatic heterocycles. The van der Waals surface area contributed by atoms with Crippen LogP contribution in [-0.2, 0) is 4.79 Å². The molecule has 0 aromatic carbocycles. The van der Waals surface area contributed by atoms with Gasteiger partial charge >= 0.3 is 0 Å². The average molecular weight is 290 g/mol. The van der Waals surface area contributed by atoms with Gasteiger partial charge in [-0.15, -0.1) is 0 Å². The van der Waals surface area contributed by atoms with Crippen molar-refractivity contribution in [3.63, 3.8) is 0 Å². The standard InChI is InChI=1S/C15H22N4O2/c1-2-6-17-13-5-7-16-10-12(13)15(21)19-9-8-18-14(20)11-3-4-11/h5,7,10-11H,2-4,6,8-9H2,1H3,(H,16,17)(H,18,20)(H,19,21). The predicted molar refractivity (Wildman–Crippen MR) is 81.1 cm³/mol. The molecule has 1 saturated carbocycles. The number of carbonyl (C=O) groups is 2. The number of amides is 2. The van der Waals surface area contributed by atoms with Crippen LogP contribution in [0.5, 0.6) is 0 Å². The number of aromatic nitrogens is 1. The van der Waals surface area contributed by atoms with Crippen LogP contribution in [0, 0.1) is 5.92 Å². The molecule has 0 aliphatic heterocycles. The van der Waals surface area contributed by atoms with E-state index < -0.39 is 0 Å². The monoisotopic (exact) mass is 290 g/mol. The summed E-state index contributed by atoms with van der Waals surface area (Å²) >= 11 is 0. The fraction of sp³-hybridized carbons (Fsp3) is 0.533. The maximum Gasteiger partial charge on any atom is 0.255 e. The largest absolute Gasteiger partial charge is 0.384 e. The molecule has 0 spiro atoms. The summed E-state index contributed by atoms with van der Waals surface area (Å²) < 4.78 is 0. The number of anilines is 1. The van der Waals surface area contributed by atoms with Gasteiger partial charge < -0.3 is 16.0 Å². The Morgan fingerprint density at radius 2 is 2.00 bits per heavy atom. The minimum atomic E-state index is -0.178. The molecule has 1 aromatic rings. The van der Waals surface area contributed by atoms with Gasteiger partial charge in [0, 0.05) is 37.9 Å². The first-order valence-electron chi connectivity index (χ1n) is 7.46. The Bertz CT molecular complexity index is 500. The second-order valence-electron chi connectivity index (χ2n) is 5.17. The first-order chi connectivity index (χ1) is 10.2. The van der Waals surface area contributed by atoms with E-state index in [0.29, 0.717) is 18.7 Å². The van der Waals surface area contributed by atoms with E-state index in [1.165, 1.54) is 0 Å². The Hall–Kier alpha value is -2.11. The molecule has 3 N–H and O–H groups in total. The molecule has 2 amide bonds. The third-order valence-electron chi connectivity index (χ3n) is 3.29. The van der Waals surface area contributed by atoms with Crippen molar-refractivity contribution in [3.05, 3.63) is 24.0 Å². The summed E-state index contributed by atoms with van der Waals surface area (Å²) in [6, 6.07) is 1.79. The van der Waals surface area contributed by atoms with Crippen molar-refractivity contribution in [2.75, 3.05) is 25.0 Å². The number of carbonyl (C=O) groups excluding carboxylic acids is 2. The van der Waals surface area contributed by atoms with E-state index in [9.17, 15) is 9.59 Å². The molecule has 0 atom stereocenters. The summed E-state index contributed by atoms with van der Waals surface area (Å²) in [5, 5.41) is 8.82. The van der Waals surface area contributed by atoms with Crippen LogP contribution in [0.15, 0.2) is 18.5 Å². The van der Waals surface area contributed by atoms with Gasteiger partial charge in [-0.05, 0) is 25.3 Å². The zero-order valence-electron chi connectivity index (χ0n) is 12.3. The van der Waals surface area contributed by atoms with Gasteiger partial charge in [0.1, 0.15) is 0 Å². The van der Waals surface area contributed by atoms with Gasteiger partial charge in [0.15, 0.2) is 0 Å². The summed E-state index contributed by atoms with van der Waals surface area (Å²) in [4.78, 5) is 27.6. The Morgan fingerprint density at radius 1 is 1.24 bits per heavy atom. The zero-order valence-corrected chi connectivity index (χ0v) is 12.3. The van der Waals surface area contributed by atoms with Crippen molar-refractivity contribution in [3.8, 4) is 0 Å². The van der Waals surface area contributed by atoms with E-state index in [1.807, 2.05) is 0 Å². The number of hydrogen-bond donors (Lipinski definition) is 3. The number of rotatable bonds is 8. The molecule has 114 valence electrons. The van der Waals surface area contributed by atoms with Crippen LogP contribution in [0.2, 0.25) is 0 Å². The van der Waals surface area contributed by atoms with Crippen molar-refractivity contribution in [1.29, 1.82) is 0 Å². The molecule has 0 bridgehead atoms. The Balaban J connectivity index is 1.78. The molecule has 6 nitrogen and oxygen atoms in total. The van der Waals surface area contributed by atoms with Gasteiger partial charge in [-0.3, -0.25) is 14.6 Å². The highest BCUT2D eigenvalue weighted by Crippen LogP contribution is 2.28. The molecule has 0 saturated heterocycles. The zero-order chi connectivity index (χ0) is 15.1. The van der Waals surface area contributed by atoms with Crippen molar-refractivity contribution >= 4 is 17.5 Å². The molecular formula is C15H22N4O2. The number of hydrogen-bond acceptors (Lipinski definition) is 4. The SMILES string of the molecule is CCCNc1ccncc1C(=O)NCCNC(=O)C1CC1. The van der Waals surface area contributed by atoms with Crippen molar-refractivity contribution in [2.45, 2.75) is 26.2 Å². The van der Waals surface area contributed by atoms with E-state index >= 15 is 0 Å². The van der Waals surface area contributed by atoms with Crippen molar-refractivity contribution in [1.82, 2.24) is 15.6 Å². The van der Waals surface area contributed by atoms with E-state index in [4.69, 9.17) is 0 Å². The highest BCUT2D eigenvalue weighted by atomic mass is 16.2. The van der Waals surface area contributed by atoms with Gasteiger partial charge in [0.05, 0.1) is 11.3 Å². The van der Waals surface area contributed by atoms with Crippen LogP contribution in [-0.4, -0.2) is 36.4 Å². The fourth-order valence-electron chi connectivity index (χ4n) is 1.94. The first kappa shape index (κ1) is 15.3. The third kappa shape index (κ3) is 4.73. The van der Waals surface area contributed by atoms with Crippen LogP contribution in [0.25, 0.3) is 0 Å². The minimum Gasteiger partial charge on any atom is -0.384 e. The Morgan fingerprint density at radius 3 is 2.71 bits per heavy atom. The minimum absolute atomic E-state index is 0.0935. The molecule has 1 fully saturated rings. The molecule has 21 heavy (non-hydrogen) atoms. The number of pyridine rings is 1. The second kappa shape index (κ2) is 7.61. The van der Waals surface area contributed by atoms with Crippen LogP contribution in [0.1, 0.15) is 36.5 Å². The van der Waals surface area contributed by atoms with Crippen LogP contribution >= 0.6 is 0 Å². The molecule has 1 aliphatic rings. The lowest BCUT2D eigenvalue weighted by molar-refractivity contribution is -0.122. The van der Waals surface area contributed by atoms with Gasteiger partial charge in [0.25, 0.3) is 5.91 Å². The van der Waals surface area contributed by atoms with Crippen molar-refractivity contribution < 1.29 is 9.59 Å². The van der Waals surface area contributed by atoms with Crippen LogP contribution in [0.4, 0.5) is 5.69 Å². The molecule has 1 aliphatic carbocycles. The molecule has 6 heteroatoms. The number of nitrogens with one attached hydrogen (secondary N) is 3. The molecule has 0 unspecified atom stereocenters. The smallest absolute Gasteiger partial charge is 0.255 e. The summed E-state index contributed by atoms with van der Waals surface area (Å²) in [5.74, 6) is 0.113. The summed E-state index contributed by atoms with van der Waals surface area (Å²) in [5.41, 5.74) is 1.31. The van der Waals surface area contributed by atoms with Gasteiger partial charge in [-0.25, -0.2) is 0 Å². The quantitative estimate of drug-likeness (QED) is 0.627. The third-order valence-corrected chi connectivity index (χ3v) is 3.29. The lowest BCUT2D eigenvalue weighted by Gasteiger charge is -2.11. The normalized spacial score (nSPS) is 13.6.